The third kappa shape index (κ3) is 3.41. The molecule has 2 aromatic carbocycles. The molecule has 0 spiro atoms. The molecule has 124 valence electrons. The lowest BCUT2D eigenvalue weighted by molar-refractivity contribution is 0.0983. The van der Waals surface area contributed by atoms with Gasteiger partial charge in [-0.3, -0.25) is 9.69 Å². The minimum atomic E-state index is -0.0540. The van der Waals surface area contributed by atoms with Crippen LogP contribution in [0.4, 0.5) is 5.13 Å². The van der Waals surface area contributed by atoms with Crippen molar-refractivity contribution < 1.29 is 9.53 Å². The molecule has 0 unspecified atom stereocenters. The number of methoxy groups -OCH3 is 1. The van der Waals surface area contributed by atoms with Crippen molar-refractivity contribution in [3.63, 3.8) is 0 Å². The minimum Gasteiger partial charge on any atom is -0.497 e. The molecular formula is C19H20N2O2S. The summed E-state index contributed by atoms with van der Waals surface area (Å²) in [4.78, 5) is 19.5. The van der Waals surface area contributed by atoms with Crippen LogP contribution in [0.15, 0.2) is 48.5 Å². The molecule has 0 saturated carbocycles. The zero-order chi connectivity index (χ0) is 17.1. The van der Waals surface area contributed by atoms with Crippen LogP contribution >= 0.6 is 11.3 Å². The number of nitrogens with zero attached hydrogens (tertiary/aromatic N) is 2. The van der Waals surface area contributed by atoms with E-state index in [4.69, 9.17) is 4.74 Å². The number of anilines is 1. The molecular weight excluding hydrogens is 320 g/mol. The van der Waals surface area contributed by atoms with Crippen LogP contribution in [0.5, 0.6) is 5.75 Å². The van der Waals surface area contributed by atoms with Crippen LogP contribution in [-0.4, -0.2) is 24.5 Å². The zero-order valence-corrected chi connectivity index (χ0v) is 14.8. The Morgan fingerprint density at radius 3 is 2.71 bits per heavy atom. The summed E-state index contributed by atoms with van der Waals surface area (Å²) in [5.74, 6) is 0.961. The molecule has 0 radical (unpaired) electrons. The van der Waals surface area contributed by atoms with Gasteiger partial charge in [0.2, 0.25) is 0 Å². The summed E-state index contributed by atoms with van der Waals surface area (Å²) in [5.41, 5.74) is 1.53. The maximum atomic E-state index is 13.1. The van der Waals surface area contributed by atoms with Gasteiger partial charge in [-0.25, -0.2) is 4.98 Å². The number of para-hydroxylation sites is 1. The number of amides is 1. The van der Waals surface area contributed by atoms with Gasteiger partial charge >= 0.3 is 0 Å². The highest BCUT2D eigenvalue weighted by Gasteiger charge is 2.22. The summed E-state index contributed by atoms with van der Waals surface area (Å²) in [6.07, 6.45) is 0. The summed E-state index contributed by atoms with van der Waals surface area (Å²) in [6.45, 7) is 4.81. The molecule has 5 heteroatoms. The van der Waals surface area contributed by atoms with Gasteiger partial charge in [0.1, 0.15) is 5.75 Å². The monoisotopic (exact) mass is 340 g/mol. The molecule has 0 bridgehead atoms. The van der Waals surface area contributed by atoms with E-state index in [0.29, 0.717) is 23.8 Å². The number of hydrogen-bond acceptors (Lipinski definition) is 4. The summed E-state index contributed by atoms with van der Waals surface area (Å²) in [5, 5.41) is 0.734. The molecule has 3 aromatic rings. The molecule has 3 rings (SSSR count). The molecule has 24 heavy (non-hydrogen) atoms. The fraction of sp³-hybridized carbons (Fsp3) is 0.263. The SMILES string of the molecule is COc1cccc(C(=O)N(CC(C)C)c2nc3ccccc3s2)c1. The van der Waals surface area contributed by atoms with E-state index < -0.39 is 0 Å². The number of aromatic nitrogens is 1. The van der Waals surface area contributed by atoms with E-state index in [9.17, 15) is 4.79 Å². The Kier molecular flexibility index (Phi) is 4.81. The first kappa shape index (κ1) is 16.5. The van der Waals surface area contributed by atoms with Crippen molar-refractivity contribution in [2.24, 2.45) is 5.92 Å². The van der Waals surface area contributed by atoms with E-state index in [0.717, 1.165) is 15.3 Å². The van der Waals surface area contributed by atoms with E-state index in [1.165, 1.54) is 0 Å². The predicted molar refractivity (Wildman–Crippen MR) is 99.1 cm³/mol. The second-order valence-electron chi connectivity index (χ2n) is 6.01. The van der Waals surface area contributed by atoms with Gasteiger partial charge in [-0.05, 0) is 36.2 Å². The van der Waals surface area contributed by atoms with Crippen molar-refractivity contribution in [1.82, 2.24) is 4.98 Å². The number of fused-ring (bicyclic) bond motifs is 1. The number of thiazole rings is 1. The molecule has 0 aliphatic carbocycles. The van der Waals surface area contributed by atoms with E-state index >= 15 is 0 Å². The number of benzene rings is 2. The van der Waals surface area contributed by atoms with E-state index in [1.54, 1.807) is 29.4 Å². The van der Waals surface area contributed by atoms with Gasteiger partial charge in [0, 0.05) is 12.1 Å². The van der Waals surface area contributed by atoms with E-state index in [2.05, 4.69) is 18.8 Å². The number of rotatable bonds is 5. The Balaban J connectivity index is 2.00. The Hall–Kier alpha value is -2.40. The lowest BCUT2D eigenvalue weighted by atomic mass is 10.1. The fourth-order valence-corrected chi connectivity index (χ4v) is 3.47. The summed E-state index contributed by atoms with van der Waals surface area (Å²) in [7, 11) is 1.60. The highest BCUT2D eigenvalue weighted by Crippen LogP contribution is 2.30. The molecule has 0 fully saturated rings. The van der Waals surface area contributed by atoms with Crippen LogP contribution in [-0.2, 0) is 0 Å². The molecule has 0 N–H and O–H groups in total. The third-order valence-corrected chi connectivity index (χ3v) is 4.68. The highest BCUT2D eigenvalue weighted by atomic mass is 32.1. The van der Waals surface area contributed by atoms with Crippen molar-refractivity contribution in [3.8, 4) is 5.75 Å². The molecule has 0 aliphatic heterocycles. The molecule has 4 nitrogen and oxygen atoms in total. The van der Waals surface area contributed by atoms with Gasteiger partial charge in [0.05, 0.1) is 17.3 Å². The van der Waals surface area contributed by atoms with Gasteiger partial charge in [-0.2, -0.15) is 0 Å². The van der Waals surface area contributed by atoms with Gasteiger partial charge in [-0.15, -0.1) is 0 Å². The second-order valence-corrected chi connectivity index (χ2v) is 7.01. The number of ether oxygens (including phenoxy) is 1. The predicted octanol–water partition coefficient (Wildman–Crippen LogP) is 4.61. The first-order valence-corrected chi connectivity index (χ1v) is 8.71. The fourth-order valence-electron chi connectivity index (χ4n) is 2.50. The van der Waals surface area contributed by atoms with Crippen LogP contribution < -0.4 is 9.64 Å². The van der Waals surface area contributed by atoms with Gasteiger partial charge in [0.25, 0.3) is 5.91 Å². The van der Waals surface area contributed by atoms with Crippen molar-refractivity contribution >= 4 is 32.6 Å². The van der Waals surface area contributed by atoms with Crippen LogP contribution in [0.3, 0.4) is 0 Å². The van der Waals surface area contributed by atoms with Gasteiger partial charge in [0.15, 0.2) is 5.13 Å². The summed E-state index contributed by atoms with van der Waals surface area (Å²) >= 11 is 1.54. The van der Waals surface area contributed by atoms with Crippen LogP contribution in [0.25, 0.3) is 10.2 Å². The van der Waals surface area contributed by atoms with Crippen LogP contribution in [0, 0.1) is 5.92 Å². The summed E-state index contributed by atoms with van der Waals surface area (Å²) < 4.78 is 6.32. The average Bonchev–Trinajstić information content (AvgIpc) is 3.02. The zero-order valence-electron chi connectivity index (χ0n) is 14.0. The van der Waals surface area contributed by atoms with E-state index in [-0.39, 0.29) is 5.91 Å². The second kappa shape index (κ2) is 7.01. The number of carbonyl (C=O) groups excluding carboxylic acids is 1. The Labute approximate surface area is 145 Å². The molecule has 1 aromatic heterocycles. The first-order valence-electron chi connectivity index (χ1n) is 7.90. The largest absolute Gasteiger partial charge is 0.497 e. The molecule has 1 amide bonds. The number of hydrogen-bond donors (Lipinski definition) is 0. The quantitative estimate of drug-likeness (QED) is 0.681. The molecule has 0 aliphatic rings. The molecule has 0 saturated heterocycles. The third-order valence-electron chi connectivity index (χ3n) is 3.62. The Bertz CT molecular complexity index is 824. The normalized spacial score (nSPS) is 11.0. The van der Waals surface area contributed by atoms with Gasteiger partial charge < -0.3 is 4.74 Å². The lowest BCUT2D eigenvalue weighted by Gasteiger charge is -2.22. The number of carbonyl (C=O) groups is 1. The van der Waals surface area contributed by atoms with E-state index in [1.807, 2.05) is 42.5 Å². The maximum Gasteiger partial charge on any atom is 0.260 e. The maximum absolute atomic E-state index is 13.1. The topological polar surface area (TPSA) is 42.4 Å². The first-order chi connectivity index (χ1) is 11.6. The minimum absolute atomic E-state index is 0.0540. The molecule has 1 heterocycles. The highest BCUT2D eigenvalue weighted by molar-refractivity contribution is 7.22. The van der Waals surface area contributed by atoms with Crippen molar-refractivity contribution in [2.45, 2.75) is 13.8 Å². The Morgan fingerprint density at radius 1 is 1.21 bits per heavy atom. The van der Waals surface area contributed by atoms with Crippen molar-refractivity contribution in [3.05, 3.63) is 54.1 Å². The molecule has 0 atom stereocenters. The van der Waals surface area contributed by atoms with Crippen molar-refractivity contribution in [2.75, 3.05) is 18.6 Å². The summed E-state index contributed by atoms with van der Waals surface area (Å²) in [6, 6.07) is 15.2. The van der Waals surface area contributed by atoms with Crippen LogP contribution in [0.1, 0.15) is 24.2 Å². The smallest absolute Gasteiger partial charge is 0.260 e. The van der Waals surface area contributed by atoms with Crippen LogP contribution in [0.2, 0.25) is 0 Å². The average molecular weight is 340 g/mol. The van der Waals surface area contributed by atoms with Crippen molar-refractivity contribution in [1.29, 1.82) is 0 Å². The Morgan fingerprint density at radius 2 is 2.00 bits per heavy atom. The van der Waals surface area contributed by atoms with Gasteiger partial charge in [-0.1, -0.05) is 43.4 Å². The standard InChI is InChI=1S/C19H20N2O2S/c1-13(2)12-21(18(22)14-7-6-8-15(11-14)23-3)19-20-16-9-4-5-10-17(16)24-19/h4-11,13H,12H2,1-3H3. The lowest BCUT2D eigenvalue weighted by Crippen LogP contribution is -2.34.